The molecular formula is C21H25F3N6O7. The Bertz CT molecular complexity index is 1080. The van der Waals surface area contributed by atoms with Crippen molar-refractivity contribution in [1.82, 2.24) is 15.5 Å². The fraction of sp³-hybridized carbons (Fsp3) is 0.476. The van der Waals surface area contributed by atoms with E-state index >= 15 is 0 Å². The van der Waals surface area contributed by atoms with Crippen LogP contribution in [0.25, 0.3) is 0 Å². The third-order valence-corrected chi connectivity index (χ3v) is 5.56. The molecule has 0 unspecified atom stereocenters. The minimum atomic E-state index is -5.19. The predicted molar refractivity (Wildman–Crippen MR) is 113 cm³/mol. The van der Waals surface area contributed by atoms with Crippen LogP contribution >= 0.6 is 0 Å². The summed E-state index contributed by atoms with van der Waals surface area (Å²) in [5.74, 6) is -5.40. The van der Waals surface area contributed by atoms with Crippen LogP contribution in [0.4, 0.5) is 13.2 Å². The summed E-state index contributed by atoms with van der Waals surface area (Å²) >= 11 is 0. The highest BCUT2D eigenvalue weighted by Crippen LogP contribution is 2.18. The molecule has 0 aliphatic carbocycles. The van der Waals surface area contributed by atoms with Gasteiger partial charge in [-0.1, -0.05) is 0 Å². The fourth-order valence-corrected chi connectivity index (χ4v) is 3.79. The number of halogens is 3. The van der Waals surface area contributed by atoms with Gasteiger partial charge in [0.1, 0.15) is 23.6 Å². The molecule has 2 aliphatic heterocycles. The molecule has 3 rings (SSSR count). The van der Waals surface area contributed by atoms with Gasteiger partial charge in [0.05, 0.1) is 0 Å². The average Bonchev–Trinajstić information content (AvgIpc) is 3.47. The molecule has 2 aliphatic rings. The summed E-state index contributed by atoms with van der Waals surface area (Å²) < 4.78 is 33.1. The number of primary amides is 2. The van der Waals surface area contributed by atoms with Gasteiger partial charge >= 0.3 is 6.18 Å². The molecule has 1 aromatic heterocycles. The van der Waals surface area contributed by atoms with Gasteiger partial charge in [-0.15, -0.1) is 0 Å². The lowest BCUT2D eigenvalue weighted by Crippen LogP contribution is -2.59. The maximum absolute atomic E-state index is 13.2. The third kappa shape index (κ3) is 8.15. The third-order valence-electron chi connectivity index (χ3n) is 5.56. The quantitative estimate of drug-likeness (QED) is 0.263. The molecule has 13 nitrogen and oxygen atoms in total. The summed E-state index contributed by atoms with van der Waals surface area (Å²) in [5, 5.41) is 14.0. The molecule has 3 heterocycles. The van der Waals surface area contributed by atoms with E-state index in [1.54, 1.807) is 16.8 Å². The lowest BCUT2D eigenvalue weighted by Gasteiger charge is -2.27. The van der Waals surface area contributed by atoms with Crippen LogP contribution in [0.15, 0.2) is 24.5 Å². The Morgan fingerprint density at radius 3 is 2.38 bits per heavy atom. The second-order valence-electron chi connectivity index (χ2n) is 8.25. The lowest BCUT2D eigenvalue weighted by atomic mass is 10.1. The molecule has 3 atom stereocenters. The number of aliphatic carboxylic acids is 1. The van der Waals surface area contributed by atoms with Crippen LogP contribution in [-0.2, 0) is 30.5 Å². The molecule has 202 valence electrons. The van der Waals surface area contributed by atoms with Gasteiger partial charge in [-0.25, -0.2) is 4.57 Å². The SMILES string of the molecule is NC(=O)c1ccc[n+](C[C@H](NC(=O)[C@@H]2CCC(=O)N2)C(=O)N2CCC[C@H]2C(N)=O)c1.O=C([O-])C(F)(F)F. The van der Waals surface area contributed by atoms with Crippen molar-refractivity contribution in [3.63, 3.8) is 0 Å². The first-order valence-corrected chi connectivity index (χ1v) is 11.0. The minimum Gasteiger partial charge on any atom is -0.542 e. The zero-order chi connectivity index (χ0) is 27.9. The maximum Gasteiger partial charge on any atom is 0.430 e. The highest BCUT2D eigenvalue weighted by Gasteiger charge is 2.39. The zero-order valence-electron chi connectivity index (χ0n) is 19.3. The highest BCUT2D eigenvalue weighted by molar-refractivity contribution is 5.95. The summed E-state index contributed by atoms with van der Waals surface area (Å²) in [6.07, 6.45) is -0.424. The van der Waals surface area contributed by atoms with Crippen LogP contribution in [0.3, 0.4) is 0 Å². The molecule has 6 N–H and O–H groups in total. The van der Waals surface area contributed by atoms with Crippen molar-refractivity contribution in [3.8, 4) is 0 Å². The van der Waals surface area contributed by atoms with Crippen LogP contribution < -0.4 is 31.8 Å². The van der Waals surface area contributed by atoms with E-state index in [0.29, 0.717) is 25.8 Å². The number of hydrogen-bond donors (Lipinski definition) is 4. The number of carbonyl (C=O) groups excluding carboxylic acids is 6. The summed E-state index contributed by atoms with van der Waals surface area (Å²) in [5.41, 5.74) is 11.0. The number of hydrogen-bond acceptors (Lipinski definition) is 7. The largest absolute Gasteiger partial charge is 0.542 e. The first kappa shape index (κ1) is 29.0. The molecular weight excluding hydrogens is 505 g/mol. The molecule has 5 amide bonds. The van der Waals surface area contributed by atoms with Crippen molar-refractivity contribution in [1.29, 1.82) is 0 Å². The van der Waals surface area contributed by atoms with Gasteiger partial charge in [0.25, 0.3) is 11.8 Å². The molecule has 0 bridgehead atoms. The van der Waals surface area contributed by atoms with Gasteiger partial charge in [-0.05, 0) is 25.3 Å². The number of pyridine rings is 1. The molecule has 0 saturated carbocycles. The molecule has 0 aromatic carbocycles. The Morgan fingerprint density at radius 2 is 1.86 bits per heavy atom. The number of aromatic nitrogens is 1. The summed E-state index contributed by atoms with van der Waals surface area (Å²) in [6.45, 7) is 0.360. The predicted octanol–water partition coefficient (Wildman–Crippen LogP) is -3.39. The molecule has 37 heavy (non-hydrogen) atoms. The molecule has 0 spiro atoms. The first-order chi connectivity index (χ1) is 17.2. The van der Waals surface area contributed by atoms with E-state index < -0.39 is 53.9 Å². The van der Waals surface area contributed by atoms with Crippen molar-refractivity contribution >= 4 is 35.5 Å². The van der Waals surface area contributed by atoms with Crippen molar-refractivity contribution in [2.45, 2.75) is 56.5 Å². The van der Waals surface area contributed by atoms with E-state index in [2.05, 4.69) is 10.6 Å². The highest BCUT2D eigenvalue weighted by atomic mass is 19.4. The Hall–Kier alpha value is -4.24. The van der Waals surface area contributed by atoms with E-state index in [-0.39, 0.29) is 24.4 Å². The van der Waals surface area contributed by atoms with Gasteiger partial charge in [-0.3, -0.25) is 24.0 Å². The van der Waals surface area contributed by atoms with E-state index in [4.69, 9.17) is 21.4 Å². The van der Waals surface area contributed by atoms with Gasteiger partial charge in [0, 0.05) is 19.0 Å². The number of amides is 5. The lowest BCUT2D eigenvalue weighted by molar-refractivity contribution is -0.697. The number of rotatable bonds is 7. The van der Waals surface area contributed by atoms with Gasteiger partial charge in [-0.2, -0.15) is 13.2 Å². The number of nitrogens with zero attached hydrogens (tertiary/aromatic N) is 2. The summed E-state index contributed by atoms with van der Waals surface area (Å²) in [6, 6.07) is 0.655. The Morgan fingerprint density at radius 1 is 1.22 bits per heavy atom. The van der Waals surface area contributed by atoms with Crippen LogP contribution in [0.5, 0.6) is 0 Å². The topological polar surface area (TPSA) is 209 Å². The first-order valence-electron chi connectivity index (χ1n) is 11.0. The minimum absolute atomic E-state index is 0.00828. The molecule has 1 aromatic rings. The Balaban J connectivity index is 0.000000604. The van der Waals surface area contributed by atoms with E-state index in [0.717, 1.165) is 0 Å². The number of nitrogens with two attached hydrogens (primary N) is 2. The summed E-state index contributed by atoms with van der Waals surface area (Å²) in [4.78, 5) is 70.6. The van der Waals surface area contributed by atoms with E-state index in [9.17, 15) is 37.1 Å². The number of carboxylic acid groups (broad SMARTS) is 1. The van der Waals surface area contributed by atoms with Gasteiger partial charge in [0.2, 0.25) is 17.7 Å². The van der Waals surface area contributed by atoms with Gasteiger partial charge < -0.3 is 36.9 Å². The fourth-order valence-electron chi connectivity index (χ4n) is 3.79. The number of alkyl halides is 3. The van der Waals surface area contributed by atoms with Crippen molar-refractivity contribution in [2.75, 3.05) is 6.54 Å². The smallest absolute Gasteiger partial charge is 0.430 e. The molecule has 16 heteroatoms. The van der Waals surface area contributed by atoms with Crippen LogP contribution in [0.1, 0.15) is 36.0 Å². The average molecular weight is 530 g/mol. The summed E-state index contributed by atoms with van der Waals surface area (Å²) in [7, 11) is 0. The molecule has 0 radical (unpaired) electrons. The standard InChI is InChI=1S/C19H24N6O5.C2HF3O2/c20-16(27)11-3-1-7-24(9-11)10-13(23-18(29)12-5-6-15(26)22-12)19(30)25-8-2-4-14(25)17(21)28;3-2(4,5)1(6)7/h1,3,7,9,12-14H,2,4-6,8,10H2,(H5-,20,21,22,23,26,27,28,29);(H,6,7)/t12-,13-,14-;/m0./s1. The number of carbonyl (C=O) groups is 6. The zero-order valence-corrected chi connectivity index (χ0v) is 19.3. The second-order valence-corrected chi connectivity index (χ2v) is 8.25. The van der Waals surface area contributed by atoms with Gasteiger partial charge in [0.15, 0.2) is 25.0 Å². The normalized spacial score (nSPS) is 19.8. The molecule has 2 fully saturated rings. The Labute approximate surface area is 207 Å². The monoisotopic (exact) mass is 530 g/mol. The Kier molecular flexibility index (Phi) is 9.51. The van der Waals surface area contributed by atoms with Crippen molar-refractivity contribution < 1.29 is 51.6 Å². The van der Waals surface area contributed by atoms with E-state index in [1.807, 2.05) is 0 Å². The van der Waals surface area contributed by atoms with Crippen molar-refractivity contribution in [3.05, 3.63) is 30.1 Å². The van der Waals surface area contributed by atoms with Crippen molar-refractivity contribution in [2.24, 2.45) is 11.5 Å². The maximum atomic E-state index is 13.2. The molecule has 2 saturated heterocycles. The number of nitrogens with one attached hydrogen (secondary N) is 2. The second kappa shape index (κ2) is 12.1. The number of likely N-dealkylation sites (tertiary alicyclic amines) is 1. The van der Waals surface area contributed by atoms with E-state index in [1.165, 1.54) is 17.2 Å². The van der Waals surface area contributed by atoms with Crippen LogP contribution in [-0.4, -0.2) is 71.3 Å². The number of carboxylic acids is 1. The van der Waals surface area contributed by atoms with Crippen LogP contribution in [0, 0.1) is 0 Å². The van der Waals surface area contributed by atoms with Crippen LogP contribution in [0.2, 0.25) is 0 Å².